The van der Waals surface area contributed by atoms with E-state index in [9.17, 15) is 9.59 Å². The molecule has 0 atom stereocenters. The van der Waals surface area contributed by atoms with Crippen molar-refractivity contribution in [2.24, 2.45) is 0 Å². The summed E-state index contributed by atoms with van der Waals surface area (Å²) in [6, 6.07) is 10.3. The van der Waals surface area contributed by atoms with Gasteiger partial charge >= 0.3 is 12.2 Å². The molecule has 0 aliphatic rings. The molecule has 0 unspecified atom stereocenters. The predicted molar refractivity (Wildman–Crippen MR) is 183 cm³/mol. The van der Waals surface area contributed by atoms with Crippen LogP contribution in [0.1, 0.15) is 80.2 Å². The van der Waals surface area contributed by atoms with E-state index in [0.29, 0.717) is 4.90 Å². The number of nitrogen functional groups attached to an aromatic ring is 1. The van der Waals surface area contributed by atoms with Gasteiger partial charge in [-0.05, 0) is 91.2 Å². The lowest BCUT2D eigenvalue weighted by Gasteiger charge is -2.27. The first kappa shape index (κ1) is 22.3. The molecule has 4 rings (SSSR count). The summed E-state index contributed by atoms with van der Waals surface area (Å²) < 4.78 is 104. The number of hydrogen-bond donors (Lipinski definition) is 1. The first-order chi connectivity index (χ1) is 26.1. The Morgan fingerprint density at radius 3 is 1.46 bits per heavy atom. The van der Waals surface area contributed by atoms with Crippen molar-refractivity contribution < 1.29 is 35.5 Å². The highest BCUT2D eigenvalue weighted by molar-refractivity contribution is 6.30. The molecule has 0 saturated heterocycles. The number of benzene rings is 2. The molecule has 0 bridgehead atoms. The summed E-state index contributed by atoms with van der Waals surface area (Å²) in [4.78, 5) is 42.2. The zero-order chi connectivity index (χ0) is 44.6. The predicted octanol–water partition coefficient (Wildman–Crippen LogP) is 9.09. The molecular formula is C34H40Cl2N6O4. The van der Waals surface area contributed by atoms with Crippen LogP contribution in [-0.2, 0) is 9.47 Å². The Balaban J connectivity index is 0.000000348. The van der Waals surface area contributed by atoms with Gasteiger partial charge in [-0.15, -0.1) is 4.90 Å². The molecule has 2 heterocycles. The number of nitrogens with two attached hydrogens (primary N) is 1. The highest BCUT2D eigenvalue weighted by atomic mass is 35.5. The molecule has 0 aliphatic carbocycles. The number of rotatable bonds is 3. The summed E-state index contributed by atoms with van der Waals surface area (Å²) >= 11 is 12.0. The van der Waals surface area contributed by atoms with Crippen molar-refractivity contribution in [2.45, 2.75) is 80.2 Å². The van der Waals surface area contributed by atoms with Gasteiger partial charge in [-0.1, -0.05) is 59.6 Å². The standard InChI is InChI=1S/C22H28ClN3O4.C12H12ClN3/c1-13-10-9-11-14(2)17(13)15-12-16(23)25-18(24-15)26(19(27)29-21(3,4)5)20(28)30-22(6,7)8;1-7-4-3-5-8(2)11(7)9-6-10(13)16-12(14)15-9/h9-12H,1-8H3;3-6H,1-2H3,(H2,14,15,16)/i2*1D3,2D3. The van der Waals surface area contributed by atoms with Crippen LogP contribution in [-0.4, -0.2) is 43.3 Å². The van der Waals surface area contributed by atoms with Crippen molar-refractivity contribution in [1.29, 1.82) is 0 Å². The van der Waals surface area contributed by atoms with Gasteiger partial charge in [0.2, 0.25) is 11.9 Å². The summed E-state index contributed by atoms with van der Waals surface area (Å²) in [5.41, 5.74) is 2.22. The van der Waals surface area contributed by atoms with Crippen molar-refractivity contribution in [3.8, 4) is 22.5 Å². The number of ether oxygens (including phenoxy) is 2. The molecule has 0 saturated carbocycles. The Hall–Kier alpha value is -4.28. The first-order valence-corrected chi connectivity index (χ1v) is 14.2. The van der Waals surface area contributed by atoms with Gasteiger partial charge in [-0.25, -0.2) is 24.5 Å². The second kappa shape index (κ2) is 14.4. The maximum absolute atomic E-state index is 13.0. The van der Waals surface area contributed by atoms with Crippen LogP contribution in [0.25, 0.3) is 22.5 Å². The average molecular weight is 680 g/mol. The quantitative estimate of drug-likeness (QED) is 0.211. The topological polar surface area (TPSA) is 133 Å². The van der Waals surface area contributed by atoms with E-state index in [2.05, 4.69) is 19.9 Å². The van der Waals surface area contributed by atoms with Gasteiger partial charge < -0.3 is 15.2 Å². The van der Waals surface area contributed by atoms with E-state index in [0.717, 1.165) is 6.07 Å². The van der Waals surface area contributed by atoms with Crippen LogP contribution in [0.15, 0.2) is 48.5 Å². The molecule has 10 nitrogen and oxygen atoms in total. The fourth-order valence-corrected chi connectivity index (χ4v) is 4.08. The third-order valence-corrected chi connectivity index (χ3v) is 5.78. The van der Waals surface area contributed by atoms with Crippen LogP contribution in [0.5, 0.6) is 0 Å². The molecular weight excluding hydrogens is 627 g/mol. The third-order valence-electron chi connectivity index (χ3n) is 5.39. The Morgan fingerprint density at radius 1 is 0.696 bits per heavy atom. The number of aryl methyl sites for hydroxylation is 4. The Morgan fingerprint density at radius 2 is 1.09 bits per heavy atom. The number of imide groups is 1. The van der Waals surface area contributed by atoms with E-state index in [1.165, 1.54) is 42.5 Å². The largest absolute Gasteiger partial charge is 0.443 e. The molecule has 0 radical (unpaired) electrons. The molecule has 2 N–H and O–H groups in total. The van der Waals surface area contributed by atoms with Gasteiger partial charge in [0.25, 0.3) is 0 Å². The number of hydrogen-bond acceptors (Lipinski definition) is 9. The second-order valence-corrected chi connectivity index (χ2v) is 12.3. The highest BCUT2D eigenvalue weighted by Crippen LogP contribution is 2.30. The minimum absolute atomic E-state index is 0.000614. The minimum atomic E-state index is -2.72. The molecule has 4 aromatic rings. The number of carbonyl (C=O) groups excluding carboxylic acids is 2. The summed E-state index contributed by atoms with van der Waals surface area (Å²) in [6.45, 7) is -0.973. The van der Waals surface area contributed by atoms with Crippen LogP contribution in [0.2, 0.25) is 10.3 Å². The van der Waals surface area contributed by atoms with Gasteiger partial charge in [-0.3, -0.25) is 0 Å². The smallest absolute Gasteiger partial charge is 0.427 e. The Kier molecular flexibility index (Phi) is 6.99. The third kappa shape index (κ3) is 9.86. The number of aromatic nitrogens is 4. The fourth-order valence-electron chi connectivity index (χ4n) is 3.71. The molecule has 46 heavy (non-hydrogen) atoms. The fraction of sp³-hybridized carbons (Fsp3) is 0.353. The second-order valence-electron chi connectivity index (χ2n) is 11.6. The van der Waals surface area contributed by atoms with Crippen LogP contribution in [0.3, 0.4) is 0 Å². The van der Waals surface area contributed by atoms with Crippen LogP contribution in [0.4, 0.5) is 21.5 Å². The first-order valence-electron chi connectivity index (χ1n) is 19.5. The molecule has 244 valence electrons. The Bertz CT molecular complexity index is 2050. The normalized spacial score (nSPS) is 16.3. The van der Waals surface area contributed by atoms with Crippen molar-refractivity contribution in [3.63, 3.8) is 0 Å². The van der Waals surface area contributed by atoms with Gasteiger partial charge in [0.15, 0.2) is 0 Å². The molecule has 0 spiro atoms. The highest BCUT2D eigenvalue weighted by Gasteiger charge is 2.35. The Labute approximate surface area is 297 Å². The van der Waals surface area contributed by atoms with Crippen molar-refractivity contribution in [1.82, 2.24) is 19.9 Å². The molecule has 0 aliphatic heterocycles. The number of halogens is 2. The maximum Gasteiger partial charge on any atom is 0.427 e. The van der Waals surface area contributed by atoms with Gasteiger partial charge in [0.05, 0.1) is 11.4 Å². The lowest BCUT2D eigenvalue weighted by atomic mass is 10.00. The zero-order valence-corrected chi connectivity index (χ0v) is 27.3. The van der Waals surface area contributed by atoms with Gasteiger partial charge in [0, 0.05) is 39.7 Å². The lowest BCUT2D eigenvalue weighted by Crippen LogP contribution is -2.44. The number of amides is 2. The zero-order valence-electron chi connectivity index (χ0n) is 37.8. The van der Waals surface area contributed by atoms with Crippen LogP contribution < -0.4 is 10.6 Å². The summed E-state index contributed by atoms with van der Waals surface area (Å²) in [5, 5.41) is -0.289. The average Bonchev–Trinajstić information content (AvgIpc) is 3.00. The van der Waals surface area contributed by atoms with Gasteiger partial charge in [-0.2, -0.15) is 4.98 Å². The van der Waals surface area contributed by atoms with Crippen molar-refractivity contribution >= 4 is 47.3 Å². The maximum atomic E-state index is 13.0. The summed E-state index contributed by atoms with van der Waals surface area (Å²) in [5.74, 6) is -0.753. The molecule has 2 aromatic carbocycles. The van der Waals surface area contributed by atoms with Crippen LogP contribution in [0, 0.1) is 27.4 Å². The van der Waals surface area contributed by atoms with Crippen molar-refractivity contribution in [2.75, 3.05) is 10.6 Å². The number of anilines is 2. The van der Waals surface area contributed by atoms with Gasteiger partial charge in [0.1, 0.15) is 21.5 Å². The van der Waals surface area contributed by atoms with Crippen LogP contribution >= 0.6 is 23.2 Å². The van der Waals surface area contributed by atoms with E-state index < -0.39 is 56.7 Å². The van der Waals surface area contributed by atoms with E-state index in [1.54, 1.807) is 41.5 Å². The summed E-state index contributed by atoms with van der Waals surface area (Å²) in [7, 11) is 0. The van der Waals surface area contributed by atoms with E-state index in [4.69, 9.17) is 54.9 Å². The summed E-state index contributed by atoms with van der Waals surface area (Å²) in [6.07, 6.45) is -2.35. The minimum Gasteiger partial charge on any atom is -0.443 e. The van der Waals surface area contributed by atoms with E-state index in [1.807, 2.05) is 0 Å². The molecule has 2 aromatic heterocycles. The number of nitrogens with zero attached hydrogens (tertiary/aromatic N) is 5. The van der Waals surface area contributed by atoms with E-state index >= 15 is 0 Å². The van der Waals surface area contributed by atoms with E-state index in [-0.39, 0.29) is 61.0 Å². The number of carbonyl (C=O) groups is 2. The molecule has 0 fully saturated rings. The van der Waals surface area contributed by atoms with Crippen molar-refractivity contribution in [3.05, 3.63) is 81.1 Å². The molecule has 2 amide bonds. The molecule has 12 heteroatoms. The lowest BCUT2D eigenvalue weighted by molar-refractivity contribution is 0.0427. The SMILES string of the molecule is [2H]C([2H])([2H])c1cccc(C([2H])([2H])[2H])c1-c1cc(Cl)nc(N(C(=O)OC(C)(C)C)C(=O)OC(C)(C)C)n1.[2H]C([2H])([2H])c1cccc(C([2H])([2H])[2H])c1-c1cc(Cl)nc(N)n1. The monoisotopic (exact) mass is 678 g/mol.